The number of rotatable bonds is 7. The molecule has 136 valence electrons. The summed E-state index contributed by atoms with van der Waals surface area (Å²) in [6.07, 6.45) is 8.54. The fourth-order valence-corrected chi connectivity index (χ4v) is 3.45. The number of carbonyl (C=O) groups excluding carboxylic acids is 1. The molecule has 1 amide bonds. The molecule has 3 heteroatoms. The molecule has 1 aliphatic rings. The van der Waals surface area contributed by atoms with E-state index in [9.17, 15) is 4.79 Å². The van der Waals surface area contributed by atoms with Crippen LogP contribution in [0.15, 0.2) is 61.2 Å². The standard InChI is InChI=1S/C23H27NO2/c1-2-9-19-11-6-7-15-22(19)26-17-18-10-8-12-20(16-18)23(25)24-21-13-4-3-5-14-21/h2,6-8,10-12,15-16,21H,1,3-5,9,13-14,17H2,(H,24,25). The van der Waals surface area contributed by atoms with Gasteiger partial charge in [-0.3, -0.25) is 4.79 Å². The van der Waals surface area contributed by atoms with E-state index in [2.05, 4.69) is 11.9 Å². The predicted octanol–water partition coefficient (Wildman–Crippen LogP) is 5.06. The minimum atomic E-state index is 0.0193. The van der Waals surface area contributed by atoms with E-state index in [-0.39, 0.29) is 5.91 Å². The van der Waals surface area contributed by atoms with E-state index in [0.29, 0.717) is 18.2 Å². The summed E-state index contributed by atoms with van der Waals surface area (Å²) in [4.78, 5) is 12.5. The van der Waals surface area contributed by atoms with Crippen LogP contribution in [0.25, 0.3) is 0 Å². The third-order valence-corrected chi connectivity index (χ3v) is 4.86. The zero-order chi connectivity index (χ0) is 18.2. The number of hydrogen-bond acceptors (Lipinski definition) is 2. The number of amides is 1. The summed E-state index contributed by atoms with van der Waals surface area (Å²) in [5.74, 6) is 0.885. The fourth-order valence-electron chi connectivity index (χ4n) is 3.45. The van der Waals surface area contributed by atoms with E-state index >= 15 is 0 Å². The van der Waals surface area contributed by atoms with Crippen LogP contribution in [0.1, 0.15) is 53.6 Å². The van der Waals surface area contributed by atoms with Gasteiger partial charge in [0.15, 0.2) is 0 Å². The van der Waals surface area contributed by atoms with Gasteiger partial charge in [-0.25, -0.2) is 0 Å². The van der Waals surface area contributed by atoms with Gasteiger partial charge in [0.25, 0.3) is 5.91 Å². The average molecular weight is 349 g/mol. The Morgan fingerprint density at radius 1 is 1.12 bits per heavy atom. The quantitative estimate of drug-likeness (QED) is 0.710. The SMILES string of the molecule is C=CCc1ccccc1OCc1cccc(C(=O)NC2CCCCC2)c1. The molecule has 26 heavy (non-hydrogen) atoms. The van der Waals surface area contributed by atoms with Gasteiger partial charge in [0, 0.05) is 11.6 Å². The van der Waals surface area contributed by atoms with Crippen LogP contribution in [0.3, 0.4) is 0 Å². The molecule has 2 aromatic carbocycles. The van der Waals surface area contributed by atoms with Crippen LogP contribution >= 0.6 is 0 Å². The summed E-state index contributed by atoms with van der Waals surface area (Å²) in [6, 6.07) is 16.0. The summed E-state index contributed by atoms with van der Waals surface area (Å²) in [5, 5.41) is 3.17. The third kappa shape index (κ3) is 4.98. The van der Waals surface area contributed by atoms with Gasteiger partial charge in [-0.05, 0) is 48.6 Å². The van der Waals surface area contributed by atoms with Gasteiger partial charge in [-0.15, -0.1) is 6.58 Å². The normalized spacial score (nSPS) is 14.6. The van der Waals surface area contributed by atoms with Gasteiger partial charge in [0.05, 0.1) is 0 Å². The molecule has 0 radical (unpaired) electrons. The molecule has 0 heterocycles. The summed E-state index contributed by atoms with van der Waals surface area (Å²) < 4.78 is 5.98. The molecular formula is C23H27NO2. The van der Waals surface area contributed by atoms with Crippen LogP contribution in [0.2, 0.25) is 0 Å². The van der Waals surface area contributed by atoms with Crippen LogP contribution in [0, 0.1) is 0 Å². The van der Waals surface area contributed by atoms with Crippen molar-refractivity contribution < 1.29 is 9.53 Å². The van der Waals surface area contributed by atoms with Crippen LogP contribution in [0.5, 0.6) is 5.75 Å². The van der Waals surface area contributed by atoms with E-state index < -0.39 is 0 Å². The van der Waals surface area contributed by atoms with Gasteiger partial charge in [-0.2, -0.15) is 0 Å². The Balaban J connectivity index is 1.62. The summed E-state index contributed by atoms with van der Waals surface area (Å²) in [5.41, 5.74) is 2.82. The Hall–Kier alpha value is -2.55. The smallest absolute Gasteiger partial charge is 0.251 e. The average Bonchev–Trinajstić information content (AvgIpc) is 2.68. The lowest BCUT2D eigenvalue weighted by atomic mass is 9.95. The highest BCUT2D eigenvalue weighted by Gasteiger charge is 2.16. The maximum absolute atomic E-state index is 12.5. The van der Waals surface area contributed by atoms with Crippen molar-refractivity contribution in [3.63, 3.8) is 0 Å². The topological polar surface area (TPSA) is 38.3 Å². The number of para-hydroxylation sites is 1. The second-order valence-corrected chi connectivity index (χ2v) is 6.90. The molecule has 1 aliphatic carbocycles. The van der Waals surface area contributed by atoms with Crippen molar-refractivity contribution in [2.45, 2.75) is 51.2 Å². The van der Waals surface area contributed by atoms with Crippen molar-refractivity contribution in [2.75, 3.05) is 0 Å². The Labute approximate surface area is 156 Å². The Bertz CT molecular complexity index is 747. The molecular weight excluding hydrogens is 322 g/mol. The number of ether oxygens (including phenoxy) is 1. The lowest BCUT2D eigenvalue weighted by molar-refractivity contribution is 0.0927. The van der Waals surface area contributed by atoms with Crippen molar-refractivity contribution in [3.8, 4) is 5.75 Å². The third-order valence-electron chi connectivity index (χ3n) is 4.86. The van der Waals surface area contributed by atoms with Crippen molar-refractivity contribution in [1.82, 2.24) is 5.32 Å². The van der Waals surface area contributed by atoms with Crippen molar-refractivity contribution in [1.29, 1.82) is 0 Å². The molecule has 0 bridgehead atoms. The minimum Gasteiger partial charge on any atom is -0.489 e. The number of nitrogens with one attached hydrogen (secondary N) is 1. The van der Waals surface area contributed by atoms with Gasteiger partial charge in [0.1, 0.15) is 12.4 Å². The van der Waals surface area contributed by atoms with Gasteiger partial charge in [0.2, 0.25) is 0 Å². The molecule has 2 aromatic rings. The summed E-state index contributed by atoms with van der Waals surface area (Å²) in [6.45, 7) is 4.24. The molecule has 0 aromatic heterocycles. The zero-order valence-corrected chi connectivity index (χ0v) is 15.2. The van der Waals surface area contributed by atoms with Gasteiger partial charge >= 0.3 is 0 Å². The first-order valence-electron chi connectivity index (χ1n) is 9.47. The Morgan fingerprint density at radius 3 is 2.73 bits per heavy atom. The highest BCUT2D eigenvalue weighted by Crippen LogP contribution is 2.21. The molecule has 3 nitrogen and oxygen atoms in total. The van der Waals surface area contributed by atoms with E-state index in [1.807, 2.05) is 54.6 Å². The molecule has 1 fully saturated rings. The van der Waals surface area contributed by atoms with E-state index in [1.54, 1.807) is 0 Å². The van der Waals surface area contributed by atoms with Crippen LogP contribution in [-0.4, -0.2) is 11.9 Å². The first kappa shape index (κ1) is 18.2. The highest BCUT2D eigenvalue weighted by molar-refractivity contribution is 5.94. The van der Waals surface area contributed by atoms with Gasteiger partial charge < -0.3 is 10.1 Å². The van der Waals surface area contributed by atoms with Crippen molar-refractivity contribution >= 4 is 5.91 Å². The number of allylic oxidation sites excluding steroid dienone is 1. The first-order valence-corrected chi connectivity index (χ1v) is 9.47. The van der Waals surface area contributed by atoms with E-state index in [1.165, 1.54) is 19.3 Å². The minimum absolute atomic E-state index is 0.0193. The lowest BCUT2D eigenvalue weighted by Gasteiger charge is -2.22. The second-order valence-electron chi connectivity index (χ2n) is 6.90. The zero-order valence-electron chi connectivity index (χ0n) is 15.2. The summed E-state index contributed by atoms with van der Waals surface area (Å²) >= 11 is 0. The second kappa shape index (κ2) is 9.23. The number of carbonyl (C=O) groups is 1. The first-order chi connectivity index (χ1) is 12.8. The Kier molecular flexibility index (Phi) is 6.48. The molecule has 1 N–H and O–H groups in total. The maximum Gasteiger partial charge on any atom is 0.251 e. The van der Waals surface area contributed by atoms with Crippen molar-refractivity contribution in [3.05, 3.63) is 77.9 Å². The fraction of sp³-hybridized carbons (Fsp3) is 0.348. The van der Waals surface area contributed by atoms with Crippen molar-refractivity contribution in [2.24, 2.45) is 0 Å². The number of benzene rings is 2. The molecule has 0 aliphatic heterocycles. The molecule has 0 unspecified atom stereocenters. The van der Waals surface area contributed by atoms with Crippen LogP contribution < -0.4 is 10.1 Å². The molecule has 1 saturated carbocycles. The van der Waals surface area contributed by atoms with E-state index in [0.717, 1.165) is 36.1 Å². The van der Waals surface area contributed by atoms with Gasteiger partial charge in [-0.1, -0.05) is 55.7 Å². The predicted molar refractivity (Wildman–Crippen MR) is 105 cm³/mol. The summed E-state index contributed by atoms with van der Waals surface area (Å²) in [7, 11) is 0. The highest BCUT2D eigenvalue weighted by atomic mass is 16.5. The maximum atomic E-state index is 12.5. The van der Waals surface area contributed by atoms with Crippen LogP contribution in [0.4, 0.5) is 0 Å². The number of hydrogen-bond donors (Lipinski definition) is 1. The molecule has 3 rings (SSSR count). The van der Waals surface area contributed by atoms with E-state index in [4.69, 9.17) is 4.74 Å². The molecule has 0 saturated heterocycles. The molecule has 0 atom stereocenters. The molecule has 0 spiro atoms. The lowest BCUT2D eigenvalue weighted by Crippen LogP contribution is -2.36. The largest absolute Gasteiger partial charge is 0.489 e. The Morgan fingerprint density at radius 2 is 1.92 bits per heavy atom. The monoisotopic (exact) mass is 349 g/mol. The van der Waals surface area contributed by atoms with Crippen LogP contribution in [-0.2, 0) is 13.0 Å².